The minimum atomic E-state index is 0.402. The maximum absolute atomic E-state index is 2.68. The lowest BCUT2D eigenvalue weighted by atomic mass is 9.16. The Bertz CT molecular complexity index is 321. The van der Waals surface area contributed by atoms with Crippen LogP contribution in [0.15, 0.2) is 0 Å². The third-order valence-electron chi connectivity index (χ3n) is 7.79. The van der Waals surface area contributed by atoms with Crippen molar-refractivity contribution in [3.63, 3.8) is 0 Å². The fraction of sp³-hybridized carbons (Fsp3) is 1.00. The van der Waals surface area contributed by atoms with E-state index in [9.17, 15) is 0 Å². The Morgan fingerprint density at radius 1 is 0.857 bits per heavy atom. The summed E-state index contributed by atoms with van der Waals surface area (Å²) in [5, 5.41) is 0. The molecule has 0 aliphatic carbocycles. The molecule has 0 amide bonds. The fourth-order valence-electron chi connectivity index (χ4n) is 3.37. The lowest BCUT2D eigenvalue weighted by Gasteiger charge is -2.42. The maximum atomic E-state index is 2.68. The molecule has 1 radical (unpaired) electrons. The van der Waals surface area contributed by atoms with Crippen LogP contribution in [0.5, 0.6) is 0 Å². The minimum absolute atomic E-state index is 0.402. The Balaban J connectivity index is 2.62. The predicted molar refractivity (Wildman–Crippen MR) is 101 cm³/mol. The molecule has 1 fully saturated rings. The molecule has 0 aromatic heterocycles. The molecule has 0 saturated carbocycles. The summed E-state index contributed by atoms with van der Waals surface area (Å²) in [5.41, 5.74) is 1.79. The van der Waals surface area contributed by atoms with Crippen molar-refractivity contribution in [1.29, 1.82) is 0 Å². The zero-order chi connectivity index (χ0) is 16.5. The Morgan fingerprint density at radius 2 is 1.29 bits per heavy atom. The second-order valence-corrected chi connectivity index (χ2v) is 10.2. The molecule has 121 valence electrons. The Morgan fingerprint density at radius 3 is 1.67 bits per heavy atom. The first-order valence-electron chi connectivity index (χ1n) is 9.18. The molecule has 1 saturated heterocycles. The van der Waals surface area contributed by atoms with Gasteiger partial charge in [0.2, 0.25) is 0 Å². The monoisotopic (exact) mass is 289 g/mol. The summed E-state index contributed by atoms with van der Waals surface area (Å²) < 4.78 is 0. The standard InChI is InChI=1S/C19H39B2/c1-10-16(2,3)19(8,9)15-20-21-13-11-17(4,5)18(6,7)12-14-21/h10-15H2,1-9H3. The van der Waals surface area contributed by atoms with Crippen LogP contribution in [0.3, 0.4) is 0 Å². The van der Waals surface area contributed by atoms with Gasteiger partial charge in [0.05, 0.1) is 7.17 Å². The average Bonchev–Trinajstić information content (AvgIpc) is 2.46. The van der Waals surface area contributed by atoms with Crippen LogP contribution in [0.4, 0.5) is 0 Å². The van der Waals surface area contributed by atoms with E-state index in [-0.39, 0.29) is 0 Å². The maximum Gasteiger partial charge on any atom is 0.100 e. The molecule has 0 bridgehead atoms. The smallest absolute Gasteiger partial charge is 0.0824 e. The van der Waals surface area contributed by atoms with Gasteiger partial charge in [0.25, 0.3) is 0 Å². The molecule has 1 aliphatic rings. The lowest BCUT2D eigenvalue weighted by Crippen LogP contribution is -2.36. The minimum Gasteiger partial charge on any atom is -0.0824 e. The molecule has 2 heteroatoms. The van der Waals surface area contributed by atoms with Crippen molar-refractivity contribution in [3.8, 4) is 0 Å². The quantitative estimate of drug-likeness (QED) is 0.513. The summed E-state index contributed by atoms with van der Waals surface area (Å²) in [6, 6.07) is 0. The molecule has 0 aromatic carbocycles. The first kappa shape index (κ1) is 19.2. The molecule has 0 atom stereocenters. The first-order chi connectivity index (χ1) is 9.35. The zero-order valence-electron chi connectivity index (χ0n) is 16.4. The Kier molecular flexibility index (Phi) is 5.78. The van der Waals surface area contributed by atoms with E-state index >= 15 is 0 Å². The third kappa shape index (κ3) is 4.32. The highest BCUT2D eigenvalue weighted by molar-refractivity contribution is 7.12. The van der Waals surface area contributed by atoms with Gasteiger partial charge in [0, 0.05) is 0 Å². The molecular weight excluding hydrogens is 250 g/mol. The fourth-order valence-corrected chi connectivity index (χ4v) is 3.37. The number of hydrogen-bond acceptors (Lipinski definition) is 0. The molecule has 1 rings (SSSR count). The van der Waals surface area contributed by atoms with Crippen molar-refractivity contribution < 1.29 is 0 Å². The lowest BCUT2D eigenvalue weighted by molar-refractivity contribution is 0.104. The van der Waals surface area contributed by atoms with E-state index < -0.39 is 0 Å². The largest absolute Gasteiger partial charge is 0.100 e. The van der Waals surface area contributed by atoms with E-state index in [1.54, 1.807) is 0 Å². The predicted octanol–water partition coefficient (Wildman–Crippen LogP) is 6.41. The van der Waals surface area contributed by atoms with Gasteiger partial charge >= 0.3 is 0 Å². The normalized spacial score (nSPS) is 22.8. The van der Waals surface area contributed by atoms with Gasteiger partial charge in [-0.25, -0.2) is 0 Å². The van der Waals surface area contributed by atoms with Gasteiger partial charge in [0.1, 0.15) is 6.60 Å². The van der Waals surface area contributed by atoms with Crippen LogP contribution in [0.25, 0.3) is 0 Å². The summed E-state index contributed by atoms with van der Waals surface area (Å²) in [7, 11) is 2.68. The van der Waals surface area contributed by atoms with Gasteiger partial charge in [-0.15, -0.1) is 0 Å². The molecule has 0 nitrogen and oxygen atoms in total. The van der Waals surface area contributed by atoms with Gasteiger partial charge in [-0.1, -0.05) is 101 Å². The molecule has 1 heterocycles. The zero-order valence-corrected chi connectivity index (χ0v) is 16.4. The van der Waals surface area contributed by atoms with Crippen LogP contribution in [-0.2, 0) is 0 Å². The number of rotatable bonds is 5. The molecule has 21 heavy (non-hydrogen) atoms. The Labute approximate surface area is 136 Å². The summed E-state index contributed by atoms with van der Waals surface area (Å²) in [6.45, 7) is 22.8. The van der Waals surface area contributed by atoms with Gasteiger partial charge in [-0.05, 0) is 21.7 Å². The van der Waals surface area contributed by atoms with Crippen LogP contribution in [0.2, 0.25) is 19.0 Å². The first-order valence-corrected chi connectivity index (χ1v) is 9.18. The molecular formula is C19H39B2. The average molecular weight is 289 g/mol. The van der Waals surface area contributed by atoms with Crippen molar-refractivity contribution in [1.82, 2.24) is 0 Å². The van der Waals surface area contributed by atoms with E-state index in [0.29, 0.717) is 21.7 Å². The van der Waals surface area contributed by atoms with Gasteiger partial charge in [-0.3, -0.25) is 0 Å². The van der Waals surface area contributed by atoms with E-state index in [0.717, 1.165) is 6.60 Å². The van der Waals surface area contributed by atoms with Crippen LogP contribution in [0, 0.1) is 21.7 Å². The Hall–Kier alpha value is 0.130. The van der Waals surface area contributed by atoms with E-state index in [2.05, 4.69) is 69.5 Å². The summed E-state index contributed by atoms with van der Waals surface area (Å²) in [5.74, 6) is 0. The van der Waals surface area contributed by atoms with Gasteiger partial charge < -0.3 is 0 Å². The second-order valence-electron chi connectivity index (χ2n) is 10.2. The second kappa shape index (κ2) is 6.32. The molecule has 1 aliphatic heterocycles. The summed E-state index contributed by atoms with van der Waals surface area (Å²) in [6.07, 6.45) is 8.05. The van der Waals surface area contributed by atoms with Crippen LogP contribution in [-0.4, -0.2) is 13.8 Å². The highest BCUT2D eigenvalue weighted by Gasteiger charge is 2.41. The highest BCUT2D eigenvalue weighted by atomic mass is 14.4. The van der Waals surface area contributed by atoms with Crippen LogP contribution in [0.1, 0.15) is 81.6 Å². The van der Waals surface area contributed by atoms with Crippen molar-refractivity contribution in [2.24, 2.45) is 21.7 Å². The molecule has 0 N–H and O–H groups in total. The van der Waals surface area contributed by atoms with E-state index in [1.165, 1.54) is 38.2 Å². The summed E-state index contributed by atoms with van der Waals surface area (Å²) >= 11 is 0. The van der Waals surface area contributed by atoms with Gasteiger partial charge in [-0.2, -0.15) is 0 Å². The van der Waals surface area contributed by atoms with Crippen molar-refractivity contribution >= 4 is 13.8 Å². The molecule has 0 unspecified atom stereocenters. The van der Waals surface area contributed by atoms with Crippen molar-refractivity contribution in [3.05, 3.63) is 0 Å². The molecule has 0 spiro atoms. The highest BCUT2D eigenvalue weighted by Crippen LogP contribution is 2.49. The van der Waals surface area contributed by atoms with Crippen LogP contribution >= 0.6 is 0 Å². The van der Waals surface area contributed by atoms with Crippen molar-refractivity contribution in [2.45, 2.75) is 101 Å². The van der Waals surface area contributed by atoms with E-state index in [1.807, 2.05) is 0 Å². The van der Waals surface area contributed by atoms with Crippen molar-refractivity contribution in [2.75, 3.05) is 0 Å². The SMILES string of the molecule is CCC(C)(C)C(C)(C)C[B]B1CCC(C)(C)C(C)(C)CC1. The van der Waals surface area contributed by atoms with E-state index in [4.69, 9.17) is 0 Å². The third-order valence-corrected chi connectivity index (χ3v) is 7.79. The van der Waals surface area contributed by atoms with Crippen LogP contribution < -0.4 is 0 Å². The topological polar surface area (TPSA) is 0 Å². The molecule has 0 aromatic rings. The van der Waals surface area contributed by atoms with Gasteiger partial charge in [0.15, 0.2) is 0 Å². The number of hydrogen-bond donors (Lipinski definition) is 0. The summed E-state index contributed by atoms with van der Waals surface area (Å²) in [4.78, 5) is 0.